The third kappa shape index (κ3) is 4.11. The zero-order chi connectivity index (χ0) is 16.1. The van der Waals surface area contributed by atoms with E-state index < -0.39 is 0 Å². The highest BCUT2D eigenvalue weighted by atomic mass is 16.5. The van der Waals surface area contributed by atoms with Crippen LogP contribution in [0.2, 0.25) is 0 Å². The summed E-state index contributed by atoms with van der Waals surface area (Å²) in [4.78, 5) is 6.91. The van der Waals surface area contributed by atoms with Gasteiger partial charge < -0.3 is 4.74 Å². The quantitative estimate of drug-likeness (QED) is 0.658. The summed E-state index contributed by atoms with van der Waals surface area (Å²) in [6.07, 6.45) is 6.97. The molecule has 1 aromatic heterocycles. The maximum absolute atomic E-state index is 5.57. The first-order chi connectivity index (χ1) is 11.2. The van der Waals surface area contributed by atoms with Crippen molar-refractivity contribution in [3.8, 4) is 18.1 Å². The molecular weight excluding hydrogens is 288 g/mol. The van der Waals surface area contributed by atoms with Crippen LogP contribution in [0, 0.1) is 19.3 Å². The van der Waals surface area contributed by atoms with E-state index in [4.69, 9.17) is 11.2 Å². The Morgan fingerprint density at radius 2 is 2.22 bits per heavy atom. The van der Waals surface area contributed by atoms with Gasteiger partial charge in [0.25, 0.3) is 0 Å². The van der Waals surface area contributed by atoms with E-state index in [1.165, 1.54) is 5.56 Å². The van der Waals surface area contributed by atoms with E-state index in [-0.39, 0.29) is 0 Å². The Labute approximate surface area is 137 Å². The lowest BCUT2D eigenvalue weighted by Crippen LogP contribution is -2.20. The van der Waals surface area contributed by atoms with Crippen molar-refractivity contribution in [2.75, 3.05) is 19.7 Å². The smallest absolute Gasteiger partial charge is 0.155 e. The Morgan fingerprint density at radius 3 is 2.91 bits per heavy atom. The third-order valence-corrected chi connectivity index (χ3v) is 4.10. The zero-order valence-corrected chi connectivity index (χ0v) is 13.5. The maximum Gasteiger partial charge on any atom is 0.155 e. The second-order valence-electron chi connectivity index (χ2n) is 5.95. The second kappa shape index (κ2) is 7.30. The number of aromatic amines is 1. The standard InChI is InChI=1S/C18H22N4O/c1-3-4-11-23-17-7-5-15(6-8-17)12-22-10-9-16(13-22)18-19-14(2)20-21-18/h1,5-8,16H,4,9-13H2,2H3,(H,19,20,21). The predicted octanol–water partition coefficient (Wildman–Crippen LogP) is 2.50. The molecule has 2 heterocycles. The summed E-state index contributed by atoms with van der Waals surface area (Å²) in [6.45, 7) is 5.55. The van der Waals surface area contributed by atoms with Crippen LogP contribution in [0.4, 0.5) is 0 Å². The molecule has 0 saturated carbocycles. The average Bonchev–Trinajstić information content (AvgIpc) is 3.18. The van der Waals surface area contributed by atoms with Crippen LogP contribution in [0.25, 0.3) is 0 Å². The Hall–Kier alpha value is -2.32. The number of hydrogen-bond donors (Lipinski definition) is 1. The van der Waals surface area contributed by atoms with Gasteiger partial charge in [0, 0.05) is 25.4 Å². The van der Waals surface area contributed by atoms with E-state index >= 15 is 0 Å². The molecule has 5 heteroatoms. The van der Waals surface area contributed by atoms with Gasteiger partial charge in [-0.1, -0.05) is 12.1 Å². The molecule has 1 aliphatic rings. The fourth-order valence-corrected chi connectivity index (χ4v) is 2.91. The minimum atomic E-state index is 0.436. The van der Waals surface area contributed by atoms with Crippen LogP contribution in [0.15, 0.2) is 24.3 Å². The highest BCUT2D eigenvalue weighted by molar-refractivity contribution is 5.27. The van der Waals surface area contributed by atoms with E-state index in [1.807, 2.05) is 19.1 Å². The Balaban J connectivity index is 1.51. The predicted molar refractivity (Wildman–Crippen MR) is 89.1 cm³/mol. The minimum absolute atomic E-state index is 0.436. The molecule has 1 atom stereocenters. The number of hydrogen-bond acceptors (Lipinski definition) is 4. The van der Waals surface area contributed by atoms with E-state index in [1.54, 1.807) is 0 Å². The molecule has 1 saturated heterocycles. The van der Waals surface area contributed by atoms with Crippen LogP contribution in [-0.2, 0) is 6.54 Å². The molecule has 1 fully saturated rings. The molecule has 3 rings (SSSR count). The van der Waals surface area contributed by atoms with Crippen LogP contribution in [0.5, 0.6) is 5.75 Å². The highest BCUT2D eigenvalue weighted by Crippen LogP contribution is 2.26. The van der Waals surface area contributed by atoms with Gasteiger partial charge in [0.1, 0.15) is 11.6 Å². The number of rotatable bonds is 6. The fourth-order valence-electron chi connectivity index (χ4n) is 2.91. The van der Waals surface area contributed by atoms with Gasteiger partial charge in [0.05, 0.1) is 6.61 Å². The van der Waals surface area contributed by atoms with Gasteiger partial charge >= 0.3 is 0 Å². The molecule has 5 nitrogen and oxygen atoms in total. The van der Waals surface area contributed by atoms with Crippen LogP contribution in [0.1, 0.15) is 36.0 Å². The molecule has 0 bridgehead atoms. The molecule has 2 aromatic rings. The summed E-state index contributed by atoms with van der Waals surface area (Å²) in [7, 11) is 0. The molecule has 1 aromatic carbocycles. The number of terminal acetylenes is 1. The molecule has 23 heavy (non-hydrogen) atoms. The Kier molecular flexibility index (Phi) is 4.94. The van der Waals surface area contributed by atoms with E-state index in [9.17, 15) is 0 Å². The summed E-state index contributed by atoms with van der Waals surface area (Å²) in [5.74, 6) is 5.72. The summed E-state index contributed by atoms with van der Waals surface area (Å²) < 4.78 is 5.57. The van der Waals surface area contributed by atoms with E-state index in [2.05, 4.69) is 38.1 Å². The Bertz CT molecular complexity index is 671. The first kappa shape index (κ1) is 15.6. The fraction of sp³-hybridized carbons (Fsp3) is 0.444. The molecule has 120 valence electrons. The molecular formula is C18H22N4O. The van der Waals surface area contributed by atoms with Crippen molar-refractivity contribution in [2.45, 2.75) is 32.2 Å². The van der Waals surface area contributed by atoms with Crippen LogP contribution in [-0.4, -0.2) is 39.8 Å². The largest absolute Gasteiger partial charge is 0.493 e. The first-order valence-corrected chi connectivity index (χ1v) is 8.01. The van der Waals surface area contributed by atoms with Crippen LogP contribution in [0.3, 0.4) is 0 Å². The number of likely N-dealkylation sites (tertiary alicyclic amines) is 1. The van der Waals surface area contributed by atoms with E-state index in [0.717, 1.165) is 43.5 Å². The lowest BCUT2D eigenvalue weighted by molar-refractivity contribution is 0.321. The second-order valence-corrected chi connectivity index (χ2v) is 5.95. The SMILES string of the molecule is C#CCCOc1ccc(CN2CCC(c3n[nH]c(C)n3)C2)cc1. The molecule has 1 aliphatic heterocycles. The van der Waals surface area contributed by atoms with Crippen LogP contribution < -0.4 is 4.74 Å². The number of nitrogens with one attached hydrogen (secondary N) is 1. The normalized spacial score (nSPS) is 18.0. The van der Waals surface area contributed by atoms with Gasteiger partial charge in [0.2, 0.25) is 0 Å². The molecule has 0 spiro atoms. The number of benzene rings is 1. The lowest BCUT2D eigenvalue weighted by Gasteiger charge is -2.15. The average molecular weight is 310 g/mol. The summed E-state index contributed by atoms with van der Waals surface area (Å²) in [5, 5.41) is 7.22. The molecule has 0 aliphatic carbocycles. The molecule has 1 N–H and O–H groups in total. The number of H-pyrrole nitrogens is 1. The van der Waals surface area contributed by atoms with Gasteiger partial charge in [0.15, 0.2) is 5.82 Å². The summed E-state index contributed by atoms with van der Waals surface area (Å²) >= 11 is 0. The van der Waals surface area contributed by atoms with Gasteiger partial charge in [-0.05, 0) is 37.6 Å². The lowest BCUT2D eigenvalue weighted by atomic mass is 10.1. The zero-order valence-electron chi connectivity index (χ0n) is 13.5. The van der Waals surface area contributed by atoms with Crippen molar-refractivity contribution < 1.29 is 4.74 Å². The van der Waals surface area contributed by atoms with Crippen molar-refractivity contribution in [3.05, 3.63) is 41.5 Å². The molecule has 1 unspecified atom stereocenters. The van der Waals surface area contributed by atoms with Crippen molar-refractivity contribution in [3.63, 3.8) is 0 Å². The van der Waals surface area contributed by atoms with Crippen molar-refractivity contribution in [2.24, 2.45) is 0 Å². The number of aryl methyl sites for hydroxylation is 1. The maximum atomic E-state index is 5.57. The van der Waals surface area contributed by atoms with E-state index in [0.29, 0.717) is 18.9 Å². The number of aromatic nitrogens is 3. The summed E-state index contributed by atoms with van der Waals surface area (Å²) in [5.41, 5.74) is 1.29. The topological polar surface area (TPSA) is 54.0 Å². The molecule has 0 amide bonds. The van der Waals surface area contributed by atoms with Crippen molar-refractivity contribution in [1.82, 2.24) is 20.1 Å². The highest BCUT2D eigenvalue weighted by Gasteiger charge is 2.26. The molecule has 0 radical (unpaired) electrons. The van der Waals surface area contributed by atoms with Crippen molar-refractivity contribution >= 4 is 0 Å². The van der Waals surface area contributed by atoms with Crippen LogP contribution >= 0.6 is 0 Å². The Morgan fingerprint density at radius 1 is 1.39 bits per heavy atom. The monoisotopic (exact) mass is 310 g/mol. The van der Waals surface area contributed by atoms with Crippen molar-refractivity contribution in [1.29, 1.82) is 0 Å². The number of nitrogens with zero attached hydrogens (tertiary/aromatic N) is 3. The van der Waals surface area contributed by atoms with Gasteiger partial charge in [-0.2, -0.15) is 5.10 Å². The van der Waals surface area contributed by atoms with Gasteiger partial charge in [-0.3, -0.25) is 10.00 Å². The summed E-state index contributed by atoms with van der Waals surface area (Å²) in [6, 6.07) is 8.26. The first-order valence-electron chi connectivity index (χ1n) is 8.01. The minimum Gasteiger partial charge on any atom is -0.493 e. The van der Waals surface area contributed by atoms with Gasteiger partial charge in [-0.25, -0.2) is 4.98 Å². The number of ether oxygens (including phenoxy) is 1. The van der Waals surface area contributed by atoms with Gasteiger partial charge in [-0.15, -0.1) is 12.3 Å². The third-order valence-electron chi connectivity index (χ3n) is 4.10.